The fraction of sp³-hybridized carbons (Fsp3) is 0.375. The Morgan fingerprint density at radius 1 is 1.14 bits per heavy atom. The smallest absolute Gasteiger partial charge is 0.224 e. The minimum absolute atomic E-state index is 0.0502. The lowest BCUT2D eigenvalue weighted by atomic mass is 9.92. The van der Waals surface area contributed by atoms with Gasteiger partial charge in [-0.05, 0) is 69.0 Å². The minimum atomic E-state index is 0.0502. The summed E-state index contributed by atoms with van der Waals surface area (Å²) >= 11 is 6.11. The number of aromatic amines is 1. The van der Waals surface area contributed by atoms with Crippen LogP contribution in [0.4, 0.5) is 5.69 Å². The first-order valence-electron chi connectivity index (χ1n) is 10.4. The van der Waals surface area contributed by atoms with Crippen LogP contribution in [0.1, 0.15) is 36.9 Å². The highest BCUT2D eigenvalue weighted by Crippen LogP contribution is 2.27. The van der Waals surface area contributed by atoms with E-state index >= 15 is 0 Å². The van der Waals surface area contributed by atoms with E-state index in [9.17, 15) is 4.79 Å². The van der Waals surface area contributed by atoms with E-state index < -0.39 is 0 Å². The molecule has 2 N–H and O–H groups in total. The zero-order chi connectivity index (χ0) is 20.2. The summed E-state index contributed by atoms with van der Waals surface area (Å²) in [7, 11) is 0. The maximum absolute atomic E-state index is 12.3. The largest absolute Gasteiger partial charge is 0.357 e. The molecule has 0 saturated carbocycles. The standard InChI is InChI=1S/C24H28ClN3O/c1-17-19-6-2-4-8-21(19)26-23(17)16-28-14-12-18(13-15-28)10-11-24(29)27-22-9-5-3-7-20(22)25/h2-9,18,26H,10-16H2,1H3,(H,27,29). The Morgan fingerprint density at radius 3 is 2.62 bits per heavy atom. The highest BCUT2D eigenvalue weighted by Gasteiger charge is 2.21. The number of halogens is 1. The van der Waals surface area contributed by atoms with Crippen LogP contribution < -0.4 is 5.32 Å². The first-order chi connectivity index (χ1) is 14.1. The molecular formula is C24H28ClN3O. The molecule has 0 unspecified atom stereocenters. The van der Waals surface area contributed by atoms with Crippen molar-refractivity contribution in [2.75, 3.05) is 18.4 Å². The Kier molecular flexibility index (Phi) is 6.22. The first-order valence-corrected chi connectivity index (χ1v) is 10.8. The summed E-state index contributed by atoms with van der Waals surface area (Å²) in [6.07, 6.45) is 3.80. The van der Waals surface area contributed by atoms with Crippen molar-refractivity contribution < 1.29 is 4.79 Å². The summed E-state index contributed by atoms with van der Waals surface area (Å²) in [5.74, 6) is 0.668. The highest BCUT2D eigenvalue weighted by atomic mass is 35.5. The van der Waals surface area contributed by atoms with Crippen LogP contribution in [0, 0.1) is 12.8 Å². The van der Waals surface area contributed by atoms with Crippen molar-refractivity contribution in [2.24, 2.45) is 5.92 Å². The summed E-state index contributed by atoms with van der Waals surface area (Å²) < 4.78 is 0. The van der Waals surface area contributed by atoms with Gasteiger partial charge in [-0.1, -0.05) is 41.9 Å². The van der Waals surface area contributed by atoms with Crippen LogP contribution in [0.2, 0.25) is 5.02 Å². The number of carbonyl (C=O) groups is 1. The van der Waals surface area contributed by atoms with Gasteiger partial charge in [0, 0.05) is 29.6 Å². The van der Waals surface area contributed by atoms with Gasteiger partial charge in [0.2, 0.25) is 5.91 Å². The molecule has 0 radical (unpaired) electrons. The van der Waals surface area contributed by atoms with Crippen molar-refractivity contribution in [1.82, 2.24) is 9.88 Å². The highest BCUT2D eigenvalue weighted by molar-refractivity contribution is 6.33. The normalized spacial score (nSPS) is 15.7. The lowest BCUT2D eigenvalue weighted by Crippen LogP contribution is -2.33. The lowest BCUT2D eigenvalue weighted by molar-refractivity contribution is -0.116. The second-order valence-electron chi connectivity index (χ2n) is 8.06. The number of nitrogens with one attached hydrogen (secondary N) is 2. The van der Waals surface area contributed by atoms with Gasteiger partial charge >= 0.3 is 0 Å². The molecule has 4 nitrogen and oxygen atoms in total. The number of fused-ring (bicyclic) bond motifs is 1. The van der Waals surface area contributed by atoms with Gasteiger partial charge in [-0.25, -0.2) is 0 Å². The third-order valence-electron chi connectivity index (χ3n) is 6.09. The Balaban J connectivity index is 1.23. The zero-order valence-electron chi connectivity index (χ0n) is 16.9. The van der Waals surface area contributed by atoms with Gasteiger partial charge in [0.1, 0.15) is 0 Å². The van der Waals surface area contributed by atoms with Crippen molar-refractivity contribution in [3.8, 4) is 0 Å². The summed E-state index contributed by atoms with van der Waals surface area (Å²) in [6, 6.07) is 15.9. The van der Waals surface area contributed by atoms with E-state index in [1.54, 1.807) is 6.07 Å². The number of piperidine rings is 1. The summed E-state index contributed by atoms with van der Waals surface area (Å²) in [5.41, 5.74) is 4.60. The number of amides is 1. The molecule has 2 aromatic carbocycles. The van der Waals surface area contributed by atoms with E-state index in [0.29, 0.717) is 23.0 Å². The summed E-state index contributed by atoms with van der Waals surface area (Å²) in [6.45, 7) is 5.36. The Morgan fingerprint density at radius 2 is 1.86 bits per heavy atom. The maximum atomic E-state index is 12.3. The number of aryl methyl sites for hydroxylation is 1. The number of benzene rings is 2. The number of para-hydroxylation sites is 2. The molecule has 1 amide bonds. The van der Waals surface area contributed by atoms with Gasteiger partial charge in [0.15, 0.2) is 0 Å². The minimum Gasteiger partial charge on any atom is -0.357 e. The van der Waals surface area contributed by atoms with Gasteiger partial charge < -0.3 is 10.3 Å². The second-order valence-corrected chi connectivity index (χ2v) is 8.47. The average molecular weight is 410 g/mol. The number of nitrogens with zero attached hydrogens (tertiary/aromatic N) is 1. The van der Waals surface area contributed by atoms with Crippen molar-refractivity contribution in [1.29, 1.82) is 0 Å². The van der Waals surface area contributed by atoms with E-state index in [4.69, 9.17) is 11.6 Å². The van der Waals surface area contributed by atoms with Gasteiger partial charge in [-0.3, -0.25) is 9.69 Å². The monoisotopic (exact) mass is 409 g/mol. The molecule has 29 heavy (non-hydrogen) atoms. The topological polar surface area (TPSA) is 48.1 Å². The first kappa shape index (κ1) is 20.0. The number of carbonyl (C=O) groups excluding carboxylic acids is 1. The number of hydrogen-bond acceptors (Lipinski definition) is 2. The van der Waals surface area contributed by atoms with E-state index in [0.717, 1.165) is 38.9 Å². The fourth-order valence-electron chi connectivity index (χ4n) is 4.26. The molecule has 0 bridgehead atoms. The maximum Gasteiger partial charge on any atom is 0.224 e. The molecule has 2 heterocycles. The molecule has 152 valence electrons. The van der Waals surface area contributed by atoms with Crippen LogP contribution in [0.25, 0.3) is 10.9 Å². The van der Waals surface area contributed by atoms with E-state index in [1.807, 2.05) is 18.2 Å². The van der Waals surface area contributed by atoms with Crippen LogP contribution >= 0.6 is 11.6 Å². The molecular weight excluding hydrogens is 382 g/mol. The number of likely N-dealkylation sites (tertiary alicyclic amines) is 1. The van der Waals surface area contributed by atoms with E-state index in [1.165, 1.54) is 22.2 Å². The average Bonchev–Trinajstić information content (AvgIpc) is 3.05. The van der Waals surface area contributed by atoms with Crippen molar-refractivity contribution in [3.63, 3.8) is 0 Å². The van der Waals surface area contributed by atoms with Gasteiger partial charge in [-0.2, -0.15) is 0 Å². The number of aromatic nitrogens is 1. The lowest BCUT2D eigenvalue weighted by Gasteiger charge is -2.31. The van der Waals surface area contributed by atoms with Gasteiger partial charge in [0.25, 0.3) is 0 Å². The molecule has 1 aromatic heterocycles. The predicted molar refractivity (Wildman–Crippen MR) is 120 cm³/mol. The molecule has 4 rings (SSSR count). The Bertz CT molecular complexity index is 989. The van der Waals surface area contributed by atoms with Crippen molar-refractivity contribution >= 4 is 34.1 Å². The summed E-state index contributed by atoms with van der Waals surface area (Å²) in [4.78, 5) is 18.4. The third-order valence-corrected chi connectivity index (χ3v) is 6.42. The Labute approximate surface area is 177 Å². The molecule has 5 heteroatoms. The SMILES string of the molecule is Cc1c(CN2CCC(CCC(=O)Nc3ccccc3Cl)CC2)[nH]c2ccccc12. The number of anilines is 1. The third kappa shape index (κ3) is 4.82. The molecule has 1 aliphatic heterocycles. The quantitative estimate of drug-likeness (QED) is 0.543. The molecule has 1 fully saturated rings. The number of H-pyrrole nitrogens is 1. The van der Waals surface area contributed by atoms with Crippen molar-refractivity contribution in [3.05, 3.63) is 64.8 Å². The number of hydrogen-bond donors (Lipinski definition) is 2. The molecule has 0 atom stereocenters. The Hall–Kier alpha value is -2.30. The van der Waals surface area contributed by atoms with Crippen LogP contribution in [0.3, 0.4) is 0 Å². The second kappa shape index (κ2) is 9.02. The van der Waals surface area contributed by atoms with Gasteiger partial charge in [0.05, 0.1) is 10.7 Å². The van der Waals surface area contributed by atoms with E-state index in [-0.39, 0.29) is 5.91 Å². The summed E-state index contributed by atoms with van der Waals surface area (Å²) in [5, 5.41) is 4.83. The molecule has 1 aliphatic rings. The number of rotatable bonds is 6. The molecule has 0 aliphatic carbocycles. The fourth-order valence-corrected chi connectivity index (χ4v) is 4.45. The molecule has 1 saturated heterocycles. The van der Waals surface area contributed by atoms with Gasteiger partial charge in [-0.15, -0.1) is 0 Å². The predicted octanol–water partition coefficient (Wildman–Crippen LogP) is 5.76. The van der Waals surface area contributed by atoms with Crippen molar-refractivity contribution in [2.45, 2.75) is 39.2 Å². The zero-order valence-corrected chi connectivity index (χ0v) is 17.6. The van der Waals surface area contributed by atoms with Crippen LogP contribution in [0.5, 0.6) is 0 Å². The molecule has 0 spiro atoms. The van der Waals surface area contributed by atoms with Crippen LogP contribution in [-0.4, -0.2) is 28.9 Å². The van der Waals surface area contributed by atoms with Crippen LogP contribution in [-0.2, 0) is 11.3 Å². The van der Waals surface area contributed by atoms with Crippen LogP contribution in [0.15, 0.2) is 48.5 Å². The van der Waals surface area contributed by atoms with E-state index in [2.05, 4.69) is 46.4 Å². The molecule has 3 aromatic rings.